The Morgan fingerprint density at radius 1 is 1.08 bits per heavy atom. The molecule has 1 aliphatic heterocycles. The molecule has 0 unspecified atom stereocenters. The van der Waals surface area contributed by atoms with Crippen LogP contribution < -0.4 is 10.6 Å². The Bertz CT molecular complexity index is 841. The van der Waals surface area contributed by atoms with E-state index >= 15 is 0 Å². The molecule has 0 aliphatic carbocycles. The zero-order valence-corrected chi connectivity index (χ0v) is 14.5. The van der Waals surface area contributed by atoms with Crippen molar-refractivity contribution in [3.8, 4) is 10.4 Å². The number of aromatic nitrogens is 2. The summed E-state index contributed by atoms with van der Waals surface area (Å²) >= 11 is 1.53. The van der Waals surface area contributed by atoms with E-state index in [1.165, 1.54) is 29.0 Å². The van der Waals surface area contributed by atoms with Gasteiger partial charge in [-0.05, 0) is 67.2 Å². The molecule has 3 heterocycles. The Hall–Kier alpha value is -2.31. The zero-order valence-electron chi connectivity index (χ0n) is 13.7. The SMILES string of the molecule is Fc1ccc(-c2cnc(Nc3cc(C4CCNCC4)ccn3)s2)cc1. The van der Waals surface area contributed by atoms with Gasteiger partial charge >= 0.3 is 0 Å². The lowest BCUT2D eigenvalue weighted by molar-refractivity contribution is 0.460. The third-order valence-electron chi connectivity index (χ3n) is 4.46. The van der Waals surface area contributed by atoms with E-state index in [-0.39, 0.29) is 5.82 Å². The van der Waals surface area contributed by atoms with Crippen LogP contribution in [0.4, 0.5) is 15.3 Å². The third kappa shape index (κ3) is 3.86. The first kappa shape index (κ1) is 16.2. The molecule has 2 N–H and O–H groups in total. The van der Waals surface area contributed by atoms with Gasteiger partial charge in [0.2, 0.25) is 0 Å². The van der Waals surface area contributed by atoms with Crippen molar-refractivity contribution >= 4 is 22.3 Å². The van der Waals surface area contributed by atoms with Gasteiger partial charge in [-0.1, -0.05) is 23.5 Å². The molecule has 0 amide bonds. The molecule has 0 atom stereocenters. The second kappa shape index (κ2) is 7.29. The molecular weight excluding hydrogens is 335 g/mol. The number of hydrogen-bond acceptors (Lipinski definition) is 5. The van der Waals surface area contributed by atoms with Crippen LogP contribution in [-0.4, -0.2) is 23.1 Å². The molecule has 25 heavy (non-hydrogen) atoms. The molecule has 0 saturated carbocycles. The summed E-state index contributed by atoms with van der Waals surface area (Å²) in [5.41, 5.74) is 2.29. The summed E-state index contributed by atoms with van der Waals surface area (Å²) in [5.74, 6) is 1.18. The highest BCUT2D eigenvalue weighted by molar-refractivity contribution is 7.18. The number of nitrogens with one attached hydrogen (secondary N) is 2. The Kier molecular flexibility index (Phi) is 4.72. The molecule has 1 fully saturated rings. The Morgan fingerprint density at radius 3 is 2.68 bits per heavy atom. The van der Waals surface area contributed by atoms with E-state index in [1.54, 1.807) is 18.3 Å². The summed E-state index contributed by atoms with van der Waals surface area (Å²) in [7, 11) is 0. The fourth-order valence-electron chi connectivity index (χ4n) is 3.11. The van der Waals surface area contributed by atoms with Crippen molar-refractivity contribution in [1.82, 2.24) is 15.3 Å². The van der Waals surface area contributed by atoms with E-state index in [0.717, 1.165) is 47.3 Å². The molecule has 1 saturated heterocycles. The molecule has 0 spiro atoms. The first-order valence-corrected chi connectivity index (χ1v) is 9.25. The van der Waals surface area contributed by atoms with Gasteiger partial charge in [0.15, 0.2) is 5.13 Å². The summed E-state index contributed by atoms with van der Waals surface area (Å²) in [4.78, 5) is 9.83. The van der Waals surface area contributed by atoms with Gasteiger partial charge in [-0.15, -0.1) is 0 Å². The van der Waals surface area contributed by atoms with E-state index < -0.39 is 0 Å². The molecule has 1 aromatic carbocycles. The molecule has 1 aliphatic rings. The quantitative estimate of drug-likeness (QED) is 0.721. The maximum atomic E-state index is 13.0. The smallest absolute Gasteiger partial charge is 0.188 e. The summed E-state index contributed by atoms with van der Waals surface area (Å²) < 4.78 is 13.0. The second-order valence-corrected chi connectivity index (χ2v) is 7.19. The van der Waals surface area contributed by atoms with E-state index in [4.69, 9.17) is 0 Å². The van der Waals surface area contributed by atoms with Crippen molar-refractivity contribution in [3.05, 3.63) is 60.2 Å². The van der Waals surface area contributed by atoms with E-state index in [9.17, 15) is 4.39 Å². The lowest BCUT2D eigenvalue weighted by Gasteiger charge is -2.23. The summed E-state index contributed by atoms with van der Waals surface area (Å²) in [6.45, 7) is 2.15. The van der Waals surface area contributed by atoms with Crippen LogP contribution in [0.15, 0.2) is 48.8 Å². The van der Waals surface area contributed by atoms with Gasteiger partial charge in [0.25, 0.3) is 0 Å². The highest BCUT2D eigenvalue weighted by Gasteiger charge is 2.16. The average Bonchev–Trinajstić information content (AvgIpc) is 3.12. The van der Waals surface area contributed by atoms with E-state index in [1.807, 2.05) is 6.20 Å². The fraction of sp³-hybridized carbons (Fsp3) is 0.263. The van der Waals surface area contributed by atoms with Crippen molar-refractivity contribution in [2.24, 2.45) is 0 Å². The van der Waals surface area contributed by atoms with Crippen LogP contribution in [0.3, 0.4) is 0 Å². The number of pyridine rings is 1. The normalized spacial score (nSPS) is 15.2. The molecular formula is C19H19FN4S. The van der Waals surface area contributed by atoms with Gasteiger partial charge in [-0.25, -0.2) is 14.4 Å². The van der Waals surface area contributed by atoms with Crippen LogP contribution in [-0.2, 0) is 0 Å². The topological polar surface area (TPSA) is 49.8 Å². The van der Waals surface area contributed by atoms with Crippen LogP contribution in [0.5, 0.6) is 0 Å². The molecule has 2 aromatic heterocycles. The maximum absolute atomic E-state index is 13.0. The molecule has 4 nitrogen and oxygen atoms in total. The average molecular weight is 354 g/mol. The number of halogens is 1. The first-order chi connectivity index (χ1) is 12.3. The minimum absolute atomic E-state index is 0.231. The molecule has 0 radical (unpaired) electrons. The van der Waals surface area contributed by atoms with Gasteiger partial charge in [0.1, 0.15) is 11.6 Å². The number of benzene rings is 1. The zero-order chi connectivity index (χ0) is 17.1. The third-order valence-corrected chi connectivity index (χ3v) is 5.43. The van der Waals surface area contributed by atoms with Crippen molar-refractivity contribution in [2.45, 2.75) is 18.8 Å². The molecule has 0 bridgehead atoms. The van der Waals surface area contributed by atoms with E-state index in [2.05, 4.69) is 32.7 Å². The molecule has 128 valence electrons. The van der Waals surface area contributed by atoms with Crippen LogP contribution in [0.1, 0.15) is 24.3 Å². The number of nitrogens with zero attached hydrogens (tertiary/aromatic N) is 2. The minimum atomic E-state index is -0.231. The van der Waals surface area contributed by atoms with Crippen LogP contribution in [0.25, 0.3) is 10.4 Å². The monoisotopic (exact) mass is 354 g/mol. The Morgan fingerprint density at radius 2 is 1.88 bits per heavy atom. The van der Waals surface area contributed by atoms with E-state index in [0.29, 0.717) is 5.92 Å². The summed E-state index contributed by atoms with van der Waals surface area (Å²) in [5, 5.41) is 7.48. The Labute approximate surface area is 150 Å². The number of thiazole rings is 1. The van der Waals surface area contributed by atoms with Gasteiger partial charge in [0.05, 0.1) is 4.88 Å². The lowest BCUT2D eigenvalue weighted by Crippen LogP contribution is -2.26. The van der Waals surface area contributed by atoms with Crippen molar-refractivity contribution in [1.29, 1.82) is 0 Å². The van der Waals surface area contributed by atoms with Gasteiger partial charge in [0, 0.05) is 12.4 Å². The standard InChI is InChI=1S/C19H19FN4S/c20-16-3-1-14(2-4-16)17-12-23-19(25-17)24-18-11-15(7-10-22-18)13-5-8-21-9-6-13/h1-4,7,10-13,21H,5-6,8-9H2,(H,22,23,24). The molecule has 6 heteroatoms. The number of rotatable bonds is 4. The minimum Gasteiger partial charge on any atom is -0.317 e. The lowest BCUT2D eigenvalue weighted by atomic mass is 9.91. The summed E-state index contributed by atoms with van der Waals surface area (Å²) in [6.07, 6.45) is 5.98. The predicted octanol–water partition coefficient (Wildman–Crippen LogP) is 4.55. The maximum Gasteiger partial charge on any atom is 0.188 e. The molecule has 4 rings (SSSR count). The summed E-state index contributed by atoms with van der Waals surface area (Å²) in [6, 6.07) is 10.7. The van der Waals surface area contributed by atoms with Crippen molar-refractivity contribution < 1.29 is 4.39 Å². The number of hydrogen-bond donors (Lipinski definition) is 2. The Balaban J connectivity index is 1.50. The fourth-order valence-corrected chi connectivity index (χ4v) is 3.94. The predicted molar refractivity (Wildman–Crippen MR) is 99.9 cm³/mol. The first-order valence-electron chi connectivity index (χ1n) is 8.43. The second-order valence-electron chi connectivity index (χ2n) is 6.16. The highest BCUT2D eigenvalue weighted by Crippen LogP contribution is 2.31. The van der Waals surface area contributed by atoms with Crippen LogP contribution >= 0.6 is 11.3 Å². The van der Waals surface area contributed by atoms with Gasteiger partial charge in [-0.2, -0.15) is 0 Å². The number of piperidine rings is 1. The molecule has 3 aromatic rings. The van der Waals surface area contributed by atoms with Crippen LogP contribution in [0.2, 0.25) is 0 Å². The highest BCUT2D eigenvalue weighted by atomic mass is 32.1. The van der Waals surface area contributed by atoms with Crippen molar-refractivity contribution in [2.75, 3.05) is 18.4 Å². The van der Waals surface area contributed by atoms with Gasteiger partial charge in [-0.3, -0.25) is 0 Å². The van der Waals surface area contributed by atoms with Crippen LogP contribution in [0, 0.1) is 5.82 Å². The van der Waals surface area contributed by atoms with Gasteiger partial charge < -0.3 is 10.6 Å². The van der Waals surface area contributed by atoms with Crippen molar-refractivity contribution in [3.63, 3.8) is 0 Å². The number of anilines is 2. The largest absolute Gasteiger partial charge is 0.317 e.